The SMILES string of the molecule is CC1(C)COCC1(O)Cc1cnsn1. The molecule has 2 heterocycles. The van der Waals surface area contributed by atoms with E-state index in [0.29, 0.717) is 19.6 Å². The molecule has 1 aromatic heterocycles. The summed E-state index contributed by atoms with van der Waals surface area (Å²) in [5.41, 5.74) is -0.171. The molecule has 78 valence electrons. The fourth-order valence-corrected chi connectivity index (χ4v) is 2.09. The van der Waals surface area contributed by atoms with Crippen LogP contribution in [-0.2, 0) is 11.2 Å². The standard InChI is InChI=1S/C9H14N2O2S/c1-8(2)5-13-6-9(8,12)3-7-4-10-14-11-7/h4,12H,3,5-6H2,1-2H3. The second-order valence-electron chi connectivity index (χ2n) is 4.48. The second kappa shape index (κ2) is 3.25. The highest BCUT2D eigenvalue weighted by Crippen LogP contribution is 2.39. The van der Waals surface area contributed by atoms with Crippen molar-refractivity contribution in [2.75, 3.05) is 13.2 Å². The zero-order chi connectivity index (χ0) is 10.2. The Kier molecular flexibility index (Phi) is 2.33. The smallest absolute Gasteiger partial charge is 0.101 e. The fourth-order valence-electron chi connectivity index (χ4n) is 1.66. The maximum Gasteiger partial charge on any atom is 0.101 e. The summed E-state index contributed by atoms with van der Waals surface area (Å²) in [5, 5.41) is 10.4. The molecule has 1 aliphatic rings. The maximum absolute atomic E-state index is 10.4. The van der Waals surface area contributed by atoms with Gasteiger partial charge in [-0.15, -0.1) is 0 Å². The highest BCUT2D eigenvalue weighted by Gasteiger charge is 2.49. The summed E-state index contributed by atoms with van der Waals surface area (Å²) in [6, 6.07) is 0. The molecule has 2 rings (SSSR count). The minimum atomic E-state index is -0.803. The average Bonchev–Trinajstić information content (AvgIpc) is 2.63. The van der Waals surface area contributed by atoms with Gasteiger partial charge in [0.15, 0.2) is 0 Å². The Morgan fingerprint density at radius 1 is 1.57 bits per heavy atom. The van der Waals surface area contributed by atoms with E-state index in [1.54, 1.807) is 6.20 Å². The van der Waals surface area contributed by atoms with Crippen LogP contribution < -0.4 is 0 Å². The Hall–Kier alpha value is -0.520. The van der Waals surface area contributed by atoms with Gasteiger partial charge in [-0.25, -0.2) is 0 Å². The summed E-state index contributed by atoms with van der Waals surface area (Å²) >= 11 is 1.17. The van der Waals surface area contributed by atoms with E-state index in [2.05, 4.69) is 8.75 Å². The Morgan fingerprint density at radius 3 is 2.86 bits per heavy atom. The molecule has 0 aromatic carbocycles. The molecular formula is C9H14N2O2S. The summed E-state index contributed by atoms with van der Waals surface area (Å²) in [5.74, 6) is 0. The van der Waals surface area contributed by atoms with E-state index >= 15 is 0 Å². The van der Waals surface area contributed by atoms with Gasteiger partial charge in [-0.05, 0) is 0 Å². The minimum Gasteiger partial charge on any atom is -0.386 e. The maximum atomic E-state index is 10.4. The molecule has 1 aliphatic heterocycles. The van der Waals surface area contributed by atoms with E-state index in [0.717, 1.165) is 5.69 Å². The van der Waals surface area contributed by atoms with Crippen molar-refractivity contribution in [3.63, 3.8) is 0 Å². The lowest BCUT2D eigenvalue weighted by Gasteiger charge is -2.33. The molecule has 0 spiro atoms. The Bertz CT molecular complexity index is 313. The van der Waals surface area contributed by atoms with Crippen LogP contribution in [0.1, 0.15) is 19.5 Å². The van der Waals surface area contributed by atoms with Gasteiger partial charge in [0.05, 0.1) is 36.8 Å². The Morgan fingerprint density at radius 2 is 2.36 bits per heavy atom. The van der Waals surface area contributed by atoms with Crippen molar-refractivity contribution >= 4 is 11.7 Å². The van der Waals surface area contributed by atoms with Crippen molar-refractivity contribution in [2.45, 2.75) is 25.9 Å². The second-order valence-corrected chi connectivity index (χ2v) is 5.04. The van der Waals surface area contributed by atoms with Crippen LogP contribution in [0.3, 0.4) is 0 Å². The molecule has 0 aliphatic carbocycles. The summed E-state index contributed by atoms with van der Waals surface area (Å²) in [4.78, 5) is 0. The van der Waals surface area contributed by atoms with Gasteiger partial charge in [0.25, 0.3) is 0 Å². The highest BCUT2D eigenvalue weighted by molar-refractivity contribution is 6.99. The molecule has 0 saturated carbocycles. The van der Waals surface area contributed by atoms with E-state index in [1.165, 1.54) is 11.7 Å². The van der Waals surface area contributed by atoms with Crippen LogP contribution in [0.15, 0.2) is 6.20 Å². The number of nitrogens with zero attached hydrogens (tertiary/aromatic N) is 2. The predicted molar refractivity (Wildman–Crippen MR) is 53.2 cm³/mol. The first kappa shape index (κ1) is 10.0. The van der Waals surface area contributed by atoms with Crippen LogP contribution in [0.25, 0.3) is 0 Å². The van der Waals surface area contributed by atoms with E-state index in [4.69, 9.17) is 4.74 Å². The lowest BCUT2D eigenvalue weighted by Crippen LogP contribution is -2.45. The molecule has 5 heteroatoms. The van der Waals surface area contributed by atoms with E-state index in [-0.39, 0.29) is 5.41 Å². The minimum absolute atomic E-state index is 0.212. The van der Waals surface area contributed by atoms with Crippen LogP contribution in [0.2, 0.25) is 0 Å². The number of hydrogen-bond donors (Lipinski definition) is 1. The molecule has 1 N–H and O–H groups in total. The molecule has 1 atom stereocenters. The third-order valence-corrected chi connectivity index (χ3v) is 3.46. The van der Waals surface area contributed by atoms with Crippen molar-refractivity contribution in [1.29, 1.82) is 0 Å². The van der Waals surface area contributed by atoms with Gasteiger partial charge < -0.3 is 9.84 Å². The van der Waals surface area contributed by atoms with Crippen molar-refractivity contribution < 1.29 is 9.84 Å². The summed E-state index contributed by atoms with van der Waals surface area (Å²) in [7, 11) is 0. The van der Waals surface area contributed by atoms with E-state index in [1.807, 2.05) is 13.8 Å². The van der Waals surface area contributed by atoms with Crippen molar-refractivity contribution in [2.24, 2.45) is 5.41 Å². The molecule has 4 nitrogen and oxygen atoms in total. The first-order chi connectivity index (χ1) is 6.54. The fraction of sp³-hybridized carbons (Fsp3) is 0.778. The summed E-state index contributed by atoms with van der Waals surface area (Å²) < 4.78 is 13.4. The van der Waals surface area contributed by atoms with Crippen LogP contribution in [0.4, 0.5) is 0 Å². The zero-order valence-electron chi connectivity index (χ0n) is 8.36. The van der Waals surface area contributed by atoms with Gasteiger partial charge >= 0.3 is 0 Å². The molecule has 0 amide bonds. The molecule has 14 heavy (non-hydrogen) atoms. The molecule has 1 saturated heterocycles. The quantitative estimate of drug-likeness (QED) is 0.793. The van der Waals surface area contributed by atoms with E-state index < -0.39 is 5.60 Å². The number of rotatable bonds is 2. The van der Waals surface area contributed by atoms with Gasteiger partial charge in [0, 0.05) is 11.8 Å². The lowest BCUT2D eigenvalue weighted by molar-refractivity contribution is -0.0325. The predicted octanol–water partition coefficient (Wildman–Crippen LogP) is 0.868. The third kappa shape index (κ3) is 1.55. The molecule has 1 unspecified atom stereocenters. The lowest BCUT2D eigenvalue weighted by atomic mass is 9.75. The van der Waals surface area contributed by atoms with Gasteiger partial charge in [-0.1, -0.05) is 13.8 Å². The molecular weight excluding hydrogens is 200 g/mol. The highest BCUT2D eigenvalue weighted by atomic mass is 32.1. The first-order valence-corrected chi connectivity index (χ1v) is 5.33. The van der Waals surface area contributed by atoms with Crippen LogP contribution in [-0.4, -0.2) is 32.7 Å². The average molecular weight is 214 g/mol. The molecule has 1 aromatic rings. The first-order valence-electron chi connectivity index (χ1n) is 4.60. The van der Waals surface area contributed by atoms with Crippen molar-refractivity contribution in [3.8, 4) is 0 Å². The topological polar surface area (TPSA) is 55.2 Å². The van der Waals surface area contributed by atoms with Gasteiger partial charge in [0.2, 0.25) is 0 Å². The van der Waals surface area contributed by atoms with Gasteiger partial charge in [0.1, 0.15) is 5.60 Å². The molecule has 0 radical (unpaired) electrons. The summed E-state index contributed by atoms with van der Waals surface area (Å²) in [6.07, 6.45) is 2.23. The van der Waals surface area contributed by atoms with Crippen LogP contribution in [0.5, 0.6) is 0 Å². The van der Waals surface area contributed by atoms with Crippen LogP contribution >= 0.6 is 11.7 Å². The third-order valence-electron chi connectivity index (χ3n) is 2.94. The number of ether oxygens (including phenoxy) is 1. The van der Waals surface area contributed by atoms with Crippen molar-refractivity contribution in [1.82, 2.24) is 8.75 Å². The van der Waals surface area contributed by atoms with Gasteiger partial charge in [-0.2, -0.15) is 8.75 Å². The van der Waals surface area contributed by atoms with Crippen molar-refractivity contribution in [3.05, 3.63) is 11.9 Å². The van der Waals surface area contributed by atoms with E-state index in [9.17, 15) is 5.11 Å². The Balaban J connectivity index is 2.17. The number of aromatic nitrogens is 2. The number of aliphatic hydroxyl groups is 1. The molecule has 1 fully saturated rings. The monoisotopic (exact) mass is 214 g/mol. The zero-order valence-corrected chi connectivity index (χ0v) is 9.17. The normalized spacial score (nSPS) is 30.8. The van der Waals surface area contributed by atoms with Crippen LogP contribution in [0, 0.1) is 5.41 Å². The van der Waals surface area contributed by atoms with Gasteiger partial charge in [-0.3, -0.25) is 0 Å². The molecule has 0 bridgehead atoms. The Labute approximate surface area is 87.2 Å². The number of hydrogen-bond acceptors (Lipinski definition) is 5. The largest absolute Gasteiger partial charge is 0.386 e. The summed E-state index contributed by atoms with van der Waals surface area (Å²) in [6.45, 7) is 5.01.